The van der Waals surface area contributed by atoms with Gasteiger partial charge in [0.25, 0.3) is 5.69 Å². The third kappa shape index (κ3) is 4.11. The summed E-state index contributed by atoms with van der Waals surface area (Å²) in [6, 6.07) is 15.6. The van der Waals surface area contributed by atoms with E-state index in [1.165, 1.54) is 12.1 Å². The molecule has 3 aromatic carbocycles. The second-order valence-corrected chi connectivity index (χ2v) is 5.82. The van der Waals surface area contributed by atoms with Crippen molar-refractivity contribution in [1.82, 2.24) is 0 Å². The molecule has 3 rings (SSSR count). The number of para-hydroxylation sites is 2. The van der Waals surface area contributed by atoms with E-state index in [-0.39, 0.29) is 34.0 Å². The van der Waals surface area contributed by atoms with Crippen LogP contribution in [-0.2, 0) is 0 Å². The van der Waals surface area contributed by atoms with Crippen LogP contribution in [0.2, 0.25) is 0 Å². The topological polar surface area (TPSA) is 151 Å². The highest BCUT2D eigenvalue weighted by molar-refractivity contribution is 6.16. The highest BCUT2D eigenvalue weighted by Crippen LogP contribution is 2.30. The van der Waals surface area contributed by atoms with Crippen LogP contribution < -0.4 is 5.43 Å². The van der Waals surface area contributed by atoms with Crippen molar-refractivity contribution in [2.24, 2.45) is 5.10 Å². The zero-order valence-corrected chi connectivity index (χ0v) is 14.7. The van der Waals surface area contributed by atoms with E-state index in [0.29, 0.717) is 0 Å². The number of non-ortho nitro benzene ring substituents is 1. The van der Waals surface area contributed by atoms with Gasteiger partial charge in [-0.15, -0.1) is 0 Å². The van der Waals surface area contributed by atoms with E-state index in [9.17, 15) is 30.4 Å². The Hall–Kier alpha value is -4.47. The molecule has 146 valence electrons. The lowest BCUT2D eigenvalue weighted by atomic mass is 10.0. The summed E-state index contributed by atoms with van der Waals surface area (Å²) in [6.45, 7) is 0. The lowest BCUT2D eigenvalue weighted by Crippen LogP contribution is -2.08. The number of phenols is 2. The van der Waals surface area contributed by atoms with Gasteiger partial charge in [0, 0.05) is 17.2 Å². The molecular formula is C19H14N4O6. The second-order valence-electron chi connectivity index (χ2n) is 5.82. The molecule has 3 aromatic rings. The highest BCUT2D eigenvalue weighted by Gasteiger charge is 2.20. The number of benzene rings is 3. The monoisotopic (exact) mass is 394 g/mol. The molecule has 29 heavy (non-hydrogen) atoms. The summed E-state index contributed by atoms with van der Waals surface area (Å²) in [6.07, 6.45) is 0. The van der Waals surface area contributed by atoms with E-state index >= 15 is 0 Å². The molecule has 0 aromatic heterocycles. The number of anilines is 1. The summed E-state index contributed by atoms with van der Waals surface area (Å²) in [4.78, 5) is 20.7. The third-order valence-corrected chi connectivity index (χ3v) is 4.00. The molecule has 0 saturated carbocycles. The van der Waals surface area contributed by atoms with Gasteiger partial charge in [-0.1, -0.05) is 24.3 Å². The van der Waals surface area contributed by atoms with Crippen LogP contribution in [0.5, 0.6) is 11.5 Å². The molecule has 0 saturated heterocycles. The Morgan fingerprint density at radius 2 is 1.38 bits per heavy atom. The van der Waals surface area contributed by atoms with Gasteiger partial charge in [-0.05, 0) is 30.3 Å². The average Bonchev–Trinajstić information content (AvgIpc) is 2.70. The van der Waals surface area contributed by atoms with Crippen LogP contribution in [0.1, 0.15) is 11.1 Å². The van der Waals surface area contributed by atoms with Crippen molar-refractivity contribution in [1.29, 1.82) is 0 Å². The van der Waals surface area contributed by atoms with Crippen molar-refractivity contribution < 1.29 is 20.1 Å². The number of nitro benzene ring substituents is 2. The number of rotatable bonds is 6. The number of hydrogen-bond acceptors (Lipinski definition) is 8. The average molecular weight is 394 g/mol. The number of aromatic hydroxyl groups is 2. The highest BCUT2D eigenvalue weighted by atomic mass is 16.6. The Labute approximate surface area is 163 Å². The Balaban J connectivity index is 2.11. The number of nitrogens with one attached hydrogen (secondary N) is 1. The first-order valence-electron chi connectivity index (χ1n) is 8.21. The maximum Gasteiger partial charge on any atom is 0.301 e. The summed E-state index contributed by atoms with van der Waals surface area (Å²) in [5.74, 6) is -0.232. The van der Waals surface area contributed by atoms with Crippen LogP contribution in [0.4, 0.5) is 17.1 Å². The fraction of sp³-hybridized carbons (Fsp3) is 0. The minimum atomic E-state index is -0.773. The van der Waals surface area contributed by atoms with Gasteiger partial charge in [0.2, 0.25) is 0 Å². The van der Waals surface area contributed by atoms with Crippen LogP contribution in [0, 0.1) is 20.2 Å². The molecule has 0 heterocycles. The molecule has 0 atom stereocenters. The third-order valence-electron chi connectivity index (χ3n) is 4.00. The molecule has 0 aliphatic carbocycles. The summed E-state index contributed by atoms with van der Waals surface area (Å²) in [5.41, 5.74) is 2.10. The maximum absolute atomic E-state index is 11.3. The van der Waals surface area contributed by atoms with E-state index in [1.807, 2.05) is 0 Å². The summed E-state index contributed by atoms with van der Waals surface area (Å²) >= 11 is 0. The quantitative estimate of drug-likeness (QED) is 0.327. The second kappa shape index (κ2) is 8.05. The standard InChI is InChI=1S/C19H14N4O6/c24-17-7-3-1-5-13(17)19(14-6-2-4-8-18(14)25)21-20-15-10-9-12(22(26)27)11-16(15)23(28)29/h1-11,20,24-25H. The van der Waals surface area contributed by atoms with Gasteiger partial charge < -0.3 is 10.2 Å². The molecule has 10 heteroatoms. The van der Waals surface area contributed by atoms with Crippen LogP contribution in [0.25, 0.3) is 0 Å². The van der Waals surface area contributed by atoms with Crippen LogP contribution >= 0.6 is 0 Å². The minimum Gasteiger partial charge on any atom is -0.507 e. The van der Waals surface area contributed by atoms with Crippen LogP contribution in [0.15, 0.2) is 71.8 Å². The van der Waals surface area contributed by atoms with Crippen molar-refractivity contribution in [3.8, 4) is 11.5 Å². The first-order chi connectivity index (χ1) is 13.9. The lowest BCUT2D eigenvalue weighted by Gasteiger charge is -2.11. The SMILES string of the molecule is O=[N+]([O-])c1ccc(NN=C(c2ccccc2O)c2ccccc2O)c([N+](=O)[O-])c1. The van der Waals surface area contributed by atoms with Crippen LogP contribution in [0.3, 0.4) is 0 Å². The fourth-order valence-electron chi connectivity index (χ4n) is 2.61. The first-order valence-corrected chi connectivity index (χ1v) is 8.21. The predicted octanol–water partition coefficient (Wildman–Crippen LogP) is 3.78. The molecule has 3 N–H and O–H groups in total. The van der Waals surface area contributed by atoms with Crippen LogP contribution in [-0.4, -0.2) is 25.8 Å². The van der Waals surface area contributed by atoms with E-state index < -0.39 is 21.2 Å². The number of hydrazone groups is 1. The summed E-state index contributed by atoms with van der Waals surface area (Å²) in [7, 11) is 0. The van der Waals surface area contributed by atoms with E-state index in [0.717, 1.165) is 18.2 Å². The van der Waals surface area contributed by atoms with Gasteiger partial charge in [0.1, 0.15) is 22.9 Å². The molecule has 10 nitrogen and oxygen atoms in total. The molecule has 0 aliphatic heterocycles. The van der Waals surface area contributed by atoms with Gasteiger partial charge in [0.15, 0.2) is 0 Å². The first kappa shape index (κ1) is 19.3. The predicted molar refractivity (Wildman–Crippen MR) is 105 cm³/mol. The zero-order chi connectivity index (χ0) is 21.0. The van der Waals surface area contributed by atoms with Crippen molar-refractivity contribution >= 4 is 22.8 Å². The molecule has 0 fully saturated rings. The van der Waals surface area contributed by atoms with Gasteiger partial charge in [-0.2, -0.15) is 5.10 Å². The Kier molecular flexibility index (Phi) is 5.35. The number of nitro groups is 2. The largest absolute Gasteiger partial charge is 0.507 e. The van der Waals surface area contributed by atoms with Crippen molar-refractivity contribution in [3.05, 3.63) is 98.1 Å². The molecule has 0 unspecified atom stereocenters. The minimum absolute atomic E-state index is 0.0936. The van der Waals surface area contributed by atoms with Crippen molar-refractivity contribution in [2.45, 2.75) is 0 Å². The fourth-order valence-corrected chi connectivity index (χ4v) is 2.61. The van der Waals surface area contributed by atoms with Crippen molar-refractivity contribution in [2.75, 3.05) is 5.43 Å². The molecule has 0 radical (unpaired) electrons. The molecule has 0 aliphatic rings. The van der Waals surface area contributed by atoms with Gasteiger partial charge in [-0.3, -0.25) is 25.7 Å². The lowest BCUT2D eigenvalue weighted by molar-refractivity contribution is -0.393. The molecule has 0 spiro atoms. The van der Waals surface area contributed by atoms with Crippen molar-refractivity contribution in [3.63, 3.8) is 0 Å². The van der Waals surface area contributed by atoms with E-state index in [4.69, 9.17) is 0 Å². The van der Waals surface area contributed by atoms with Gasteiger partial charge in [-0.25, -0.2) is 0 Å². The number of nitrogens with zero attached hydrogens (tertiary/aromatic N) is 3. The maximum atomic E-state index is 11.3. The smallest absolute Gasteiger partial charge is 0.301 e. The zero-order valence-electron chi connectivity index (χ0n) is 14.7. The summed E-state index contributed by atoms with van der Waals surface area (Å²) in [5, 5.41) is 46.7. The van der Waals surface area contributed by atoms with Gasteiger partial charge in [0.05, 0.1) is 15.9 Å². The van der Waals surface area contributed by atoms with E-state index in [2.05, 4.69) is 10.5 Å². The molecule has 0 bridgehead atoms. The normalized spacial score (nSPS) is 10.2. The number of phenolic OH excluding ortho intramolecular Hbond substituents is 2. The number of hydrogen-bond donors (Lipinski definition) is 3. The Morgan fingerprint density at radius 3 is 1.86 bits per heavy atom. The Bertz CT molecular complexity index is 1080. The molecular weight excluding hydrogens is 380 g/mol. The van der Waals surface area contributed by atoms with Gasteiger partial charge >= 0.3 is 5.69 Å². The molecule has 0 amide bonds. The Morgan fingerprint density at radius 1 is 0.828 bits per heavy atom. The van der Waals surface area contributed by atoms with E-state index in [1.54, 1.807) is 36.4 Å². The summed E-state index contributed by atoms with van der Waals surface area (Å²) < 4.78 is 0.